The number of nitrogens with two attached hydrogens (primary N) is 1. The van der Waals surface area contributed by atoms with Crippen molar-refractivity contribution in [1.29, 1.82) is 0 Å². The van der Waals surface area contributed by atoms with Crippen molar-refractivity contribution in [2.24, 2.45) is 11.7 Å². The van der Waals surface area contributed by atoms with Crippen LogP contribution >= 0.6 is 11.8 Å². The zero-order valence-electron chi connectivity index (χ0n) is 22.2. The van der Waals surface area contributed by atoms with Gasteiger partial charge in [-0.2, -0.15) is 11.8 Å². The van der Waals surface area contributed by atoms with Crippen molar-refractivity contribution < 1.29 is 29.4 Å². The van der Waals surface area contributed by atoms with Gasteiger partial charge in [-0.05, 0) is 42.9 Å². The number of carbonyl (C=O) groups is 4. The van der Waals surface area contributed by atoms with Gasteiger partial charge in [0, 0.05) is 23.5 Å². The lowest BCUT2D eigenvalue weighted by molar-refractivity contribution is -0.145. The second-order valence-corrected chi connectivity index (χ2v) is 10.4. The van der Waals surface area contributed by atoms with Crippen molar-refractivity contribution in [3.8, 4) is 0 Å². The first kappa shape index (κ1) is 31.1. The first-order valence-corrected chi connectivity index (χ1v) is 14.0. The Morgan fingerprint density at radius 1 is 1.03 bits per heavy atom. The number of aliphatic hydroxyl groups excluding tert-OH is 1. The van der Waals surface area contributed by atoms with Gasteiger partial charge in [0.15, 0.2) is 6.04 Å². The van der Waals surface area contributed by atoms with Gasteiger partial charge in [0.2, 0.25) is 17.7 Å². The van der Waals surface area contributed by atoms with E-state index < -0.39 is 54.0 Å². The molecule has 12 heteroatoms. The summed E-state index contributed by atoms with van der Waals surface area (Å²) in [7, 11) is 0. The zero-order chi connectivity index (χ0) is 28.4. The molecule has 3 amide bonds. The molecule has 0 saturated heterocycles. The number of carboxylic acids is 1. The van der Waals surface area contributed by atoms with Gasteiger partial charge >= 0.3 is 5.97 Å². The van der Waals surface area contributed by atoms with Crippen LogP contribution in [-0.4, -0.2) is 81.2 Å². The number of aliphatic carboxylic acids is 1. The molecule has 38 heavy (non-hydrogen) atoms. The van der Waals surface area contributed by atoms with E-state index in [1.54, 1.807) is 24.9 Å². The van der Waals surface area contributed by atoms with Crippen molar-refractivity contribution in [2.75, 3.05) is 12.0 Å². The van der Waals surface area contributed by atoms with Crippen molar-refractivity contribution in [3.63, 3.8) is 0 Å². The lowest BCUT2D eigenvalue weighted by Gasteiger charge is -2.28. The van der Waals surface area contributed by atoms with Crippen LogP contribution in [0.2, 0.25) is 0 Å². The number of aromatic nitrogens is 1. The van der Waals surface area contributed by atoms with Gasteiger partial charge in [-0.25, -0.2) is 4.79 Å². The summed E-state index contributed by atoms with van der Waals surface area (Å²) in [5.74, 6) is -2.81. The number of fused-ring (bicyclic) bond motifs is 1. The molecule has 1 heterocycles. The Kier molecular flexibility index (Phi) is 12.1. The van der Waals surface area contributed by atoms with Crippen molar-refractivity contribution in [2.45, 2.75) is 70.3 Å². The third-order valence-electron chi connectivity index (χ3n) is 6.54. The highest BCUT2D eigenvalue weighted by molar-refractivity contribution is 7.98. The van der Waals surface area contributed by atoms with Crippen LogP contribution in [0.15, 0.2) is 30.5 Å². The molecule has 0 aliphatic carbocycles. The first-order chi connectivity index (χ1) is 18.0. The number of rotatable bonds is 15. The van der Waals surface area contributed by atoms with Crippen molar-refractivity contribution in [3.05, 3.63) is 36.0 Å². The summed E-state index contributed by atoms with van der Waals surface area (Å²) in [6, 6.07) is 2.95. The van der Waals surface area contributed by atoms with Gasteiger partial charge in [-0.3, -0.25) is 14.4 Å². The SMILES string of the molecule is CCC(C)C(NC(=O)C(N)CCSC)C(=O)NC(Cc1c[nH]c2ccccc12)C(=O)NC(C(=O)O)C(C)O. The van der Waals surface area contributed by atoms with Crippen LogP contribution in [-0.2, 0) is 25.6 Å². The van der Waals surface area contributed by atoms with E-state index >= 15 is 0 Å². The van der Waals surface area contributed by atoms with Crippen LogP contribution in [0.5, 0.6) is 0 Å². The van der Waals surface area contributed by atoms with Crippen LogP contribution in [0.1, 0.15) is 39.2 Å². The van der Waals surface area contributed by atoms with Crippen LogP contribution in [0, 0.1) is 5.92 Å². The molecule has 0 radical (unpaired) electrons. The Hall–Kier alpha value is -3.09. The average Bonchev–Trinajstić information content (AvgIpc) is 3.29. The van der Waals surface area contributed by atoms with Crippen molar-refractivity contribution >= 4 is 46.4 Å². The number of para-hydroxylation sites is 1. The Bertz CT molecular complexity index is 1110. The van der Waals surface area contributed by atoms with Crippen LogP contribution in [0.3, 0.4) is 0 Å². The number of aromatic amines is 1. The average molecular weight is 550 g/mol. The number of nitrogens with one attached hydrogen (secondary N) is 4. The molecule has 0 bridgehead atoms. The van der Waals surface area contributed by atoms with Crippen LogP contribution < -0.4 is 21.7 Å². The molecule has 6 unspecified atom stereocenters. The predicted molar refractivity (Wildman–Crippen MR) is 148 cm³/mol. The Morgan fingerprint density at radius 3 is 2.29 bits per heavy atom. The molecule has 6 atom stereocenters. The molecule has 0 aliphatic heterocycles. The third kappa shape index (κ3) is 8.47. The van der Waals surface area contributed by atoms with Gasteiger partial charge in [-0.15, -0.1) is 0 Å². The summed E-state index contributed by atoms with van der Waals surface area (Å²) < 4.78 is 0. The fourth-order valence-electron chi connectivity index (χ4n) is 3.97. The highest BCUT2D eigenvalue weighted by atomic mass is 32.2. The Balaban J connectivity index is 2.32. The predicted octanol–water partition coefficient (Wildman–Crippen LogP) is 0.757. The second kappa shape index (κ2) is 14.7. The second-order valence-electron chi connectivity index (χ2n) is 9.45. The fourth-order valence-corrected chi connectivity index (χ4v) is 4.46. The Morgan fingerprint density at radius 2 is 1.68 bits per heavy atom. The normalized spacial score (nSPS) is 16.1. The van der Waals surface area contributed by atoms with E-state index in [9.17, 15) is 29.4 Å². The van der Waals surface area contributed by atoms with E-state index in [-0.39, 0.29) is 12.3 Å². The minimum absolute atomic E-state index is 0.0438. The van der Waals surface area contributed by atoms with Crippen LogP contribution in [0.25, 0.3) is 10.9 Å². The van der Waals surface area contributed by atoms with Gasteiger partial charge < -0.3 is 36.9 Å². The minimum Gasteiger partial charge on any atom is -0.480 e. The van der Waals surface area contributed by atoms with Gasteiger partial charge in [0.25, 0.3) is 0 Å². The van der Waals surface area contributed by atoms with E-state index in [1.807, 2.05) is 37.4 Å². The molecule has 0 fully saturated rings. The number of hydrogen-bond acceptors (Lipinski definition) is 7. The summed E-state index contributed by atoms with van der Waals surface area (Å²) in [5, 5.41) is 27.9. The van der Waals surface area contributed by atoms with Crippen LogP contribution in [0.4, 0.5) is 0 Å². The van der Waals surface area contributed by atoms with Gasteiger partial charge in [0.1, 0.15) is 12.1 Å². The van der Waals surface area contributed by atoms with E-state index in [2.05, 4.69) is 20.9 Å². The summed E-state index contributed by atoms with van der Waals surface area (Å²) in [6.07, 6.45) is 3.33. The molecule has 1 aromatic heterocycles. The summed E-state index contributed by atoms with van der Waals surface area (Å²) in [4.78, 5) is 54.1. The third-order valence-corrected chi connectivity index (χ3v) is 7.19. The molecule has 2 aromatic rings. The molecular weight excluding hydrogens is 510 g/mol. The summed E-state index contributed by atoms with van der Waals surface area (Å²) in [5.41, 5.74) is 7.56. The molecule has 11 nitrogen and oxygen atoms in total. The van der Waals surface area contributed by atoms with E-state index in [0.29, 0.717) is 18.6 Å². The van der Waals surface area contributed by atoms with E-state index in [1.165, 1.54) is 6.92 Å². The maximum Gasteiger partial charge on any atom is 0.328 e. The molecule has 0 spiro atoms. The fraction of sp³-hybridized carbons (Fsp3) is 0.538. The van der Waals surface area contributed by atoms with Crippen molar-refractivity contribution in [1.82, 2.24) is 20.9 Å². The molecule has 0 aliphatic rings. The lowest BCUT2D eigenvalue weighted by atomic mass is 9.96. The number of hydrogen-bond donors (Lipinski definition) is 7. The van der Waals surface area contributed by atoms with E-state index in [4.69, 9.17) is 5.73 Å². The minimum atomic E-state index is -1.57. The number of amides is 3. The number of H-pyrrole nitrogens is 1. The number of thioether (sulfide) groups is 1. The number of benzene rings is 1. The molecular formula is C26H39N5O6S. The molecule has 0 saturated carbocycles. The quantitative estimate of drug-likeness (QED) is 0.170. The monoisotopic (exact) mass is 549 g/mol. The maximum atomic E-state index is 13.5. The first-order valence-electron chi connectivity index (χ1n) is 12.6. The van der Waals surface area contributed by atoms with Gasteiger partial charge in [-0.1, -0.05) is 38.5 Å². The van der Waals surface area contributed by atoms with Gasteiger partial charge in [0.05, 0.1) is 12.1 Å². The highest BCUT2D eigenvalue weighted by Crippen LogP contribution is 2.20. The number of aliphatic hydroxyl groups is 1. The largest absolute Gasteiger partial charge is 0.480 e. The molecule has 210 valence electrons. The smallest absolute Gasteiger partial charge is 0.328 e. The maximum absolute atomic E-state index is 13.5. The summed E-state index contributed by atoms with van der Waals surface area (Å²) >= 11 is 1.56. The topological polar surface area (TPSA) is 187 Å². The standard InChI is InChI=1S/C26H39N5O6S/c1-5-14(2)21(30-23(33)18(27)10-11-38-4)25(35)29-20(24(34)31-22(15(3)32)26(36)37)12-16-13-28-19-9-7-6-8-17(16)19/h6-9,13-15,18,20-22,28,32H,5,10-12,27H2,1-4H3,(H,29,35)(H,30,33)(H,31,34)(H,36,37). The molecule has 2 rings (SSSR count). The molecule has 8 N–H and O–H groups in total. The Labute approximate surface area is 226 Å². The zero-order valence-corrected chi connectivity index (χ0v) is 23.0. The number of carbonyl (C=O) groups excluding carboxylic acids is 3. The number of carboxylic acid groups (broad SMARTS) is 1. The lowest BCUT2D eigenvalue weighted by Crippen LogP contribution is -2.60. The summed E-state index contributed by atoms with van der Waals surface area (Å²) in [6.45, 7) is 4.93. The van der Waals surface area contributed by atoms with E-state index in [0.717, 1.165) is 16.5 Å². The highest BCUT2D eigenvalue weighted by Gasteiger charge is 2.34. The molecule has 1 aromatic carbocycles.